The van der Waals surface area contributed by atoms with E-state index in [1.807, 2.05) is 0 Å². The third-order valence-corrected chi connectivity index (χ3v) is 6.30. The molecule has 0 N–H and O–H groups in total. The summed E-state index contributed by atoms with van der Waals surface area (Å²) in [5, 5.41) is 0. The summed E-state index contributed by atoms with van der Waals surface area (Å²) in [7, 11) is 0. The van der Waals surface area contributed by atoms with E-state index in [0.717, 1.165) is 25.9 Å². The molecule has 4 heteroatoms. The van der Waals surface area contributed by atoms with Crippen molar-refractivity contribution in [2.75, 3.05) is 19.8 Å². The molecule has 2 bridgehead atoms. The first-order valence-electron chi connectivity index (χ1n) is 7.96. The van der Waals surface area contributed by atoms with Gasteiger partial charge >= 0.3 is 0 Å². The molecular formula is C16H26N2O2. The van der Waals surface area contributed by atoms with Crippen molar-refractivity contribution >= 4 is 11.8 Å². The van der Waals surface area contributed by atoms with Gasteiger partial charge in [-0.25, -0.2) is 0 Å². The monoisotopic (exact) mass is 278 g/mol. The molecular weight excluding hydrogens is 252 g/mol. The number of likely N-dealkylation sites (tertiary alicyclic amines) is 2. The summed E-state index contributed by atoms with van der Waals surface area (Å²) in [5.74, 6) is 0.155. The minimum atomic E-state index is -0.360. The van der Waals surface area contributed by atoms with Gasteiger partial charge in [-0.15, -0.1) is 0 Å². The standard InChI is InChI=1S/C16H26N2O2/c1-15(2)12-7-8-16(15,3)14(20)18(13(12)19)11-17-9-5-4-6-10-17/h12H,4-11H2,1-3H3/t12-,16+/m0/s1. The van der Waals surface area contributed by atoms with Crippen molar-refractivity contribution in [2.45, 2.75) is 52.9 Å². The number of fused-ring (bicyclic) bond motifs is 2. The van der Waals surface area contributed by atoms with Crippen molar-refractivity contribution in [3.63, 3.8) is 0 Å². The van der Waals surface area contributed by atoms with Crippen molar-refractivity contribution in [3.8, 4) is 0 Å². The van der Waals surface area contributed by atoms with Crippen LogP contribution in [0.3, 0.4) is 0 Å². The Hall–Kier alpha value is -0.900. The molecule has 2 atom stereocenters. The molecule has 4 nitrogen and oxygen atoms in total. The molecule has 1 aliphatic carbocycles. The van der Waals surface area contributed by atoms with Crippen LogP contribution < -0.4 is 0 Å². The molecule has 3 aliphatic rings. The van der Waals surface area contributed by atoms with Gasteiger partial charge in [0.2, 0.25) is 11.8 Å². The SMILES string of the molecule is CC1(C)[C@H]2CC[C@]1(C)C(=O)N(CN1CCCCC1)C2=O. The first kappa shape index (κ1) is 14.1. The lowest BCUT2D eigenvalue weighted by atomic mass is 9.62. The van der Waals surface area contributed by atoms with Crippen molar-refractivity contribution in [3.05, 3.63) is 0 Å². The average molecular weight is 278 g/mol. The lowest BCUT2D eigenvalue weighted by Gasteiger charge is -2.48. The van der Waals surface area contributed by atoms with E-state index in [1.54, 1.807) is 4.90 Å². The summed E-state index contributed by atoms with van der Waals surface area (Å²) >= 11 is 0. The van der Waals surface area contributed by atoms with Crippen molar-refractivity contribution in [1.82, 2.24) is 9.80 Å². The maximum absolute atomic E-state index is 12.9. The predicted molar refractivity (Wildman–Crippen MR) is 76.8 cm³/mol. The Morgan fingerprint density at radius 1 is 1.10 bits per heavy atom. The Bertz CT molecular complexity index is 440. The number of hydrogen-bond donors (Lipinski definition) is 0. The fourth-order valence-electron chi connectivity index (χ4n) is 4.34. The van der Waals surface area contributed by atoms with Crippen LogP contribution >= 0.6 is 0 Å². The van der Waals surface area contributed by atoms with Gasteiger partial charge in [-0.3, -0.25) is 19.4 Å². The highest BCUT2D eigenvalue weighted by molar-refractivity contribution is 6.03. The van der Waals surface area contributed by atoms with E-state index in [-0.39, 0.29) is 28.6 Å². The minimum absolute atomic E-state index is 0.0231. The number of imide groups is 1. The second kappa shape index (κ2) is 4.55. The zero-order chi connectivity index (χ0) is 14.5. The predicted octanol–water partition coefficient (Wildman–Crippen LogP) is 2.24. The number of hydrogen-bond acceptors (Lipinski definition) is 3. The number of nitrogens with zero attached hydrogens (tertiary/aromatic N) is 2. The molecule has 20 heavy (non-hydrogen) atoms. The van der Waals surface area contributed by atoms with Gasteiger partial charge in [0.05, 0.1) is 12.1 Å². The molecule has 3 rings (SSSR count). The van der Waals surface area contributed by atoms with Gasteiger partial charge in [0.1, 0.15) is 0 Å². The fraction of sp³-hybridized carbons (Fsp3) is 0.875. The summed E-state index contributed by atoms with van der Waals surface area (Å²) in [6.45, 7) is 8.80. The third kappa shape index (κ3) is 1.77. The quantitative estimate of drug-likeness (QED) is 0.727. The Kier molecular flexibility index (Phi) is 3.20. The normalized spacial score (nSPS) is 37.5. The highest BCUT2D eigenvalue weighted by atomic mass is 16.2. The van der Waals surface area contributed by atoms with E-state index < -0.39 is 0 Å². The van der Waals surface area contributed by atoms with Crippen LogP contribution in [0, 0.1) is 16.7 Å². The molecule has 2 aliphatic heterocycles. The Morgan fingerprint density at radius 3 is 2.40 bits per heavy atom. The maximum Gasteiger partial charge on any atom is 0.236 e. The van der Waals surface area contributed by atoms with Crippen LogP contribution in [0.15, 0.2) is 0 Å². The molecule has 0 radical (unpaired) electrons. The van der Waals surface area contributed by atoms with Gasteiger partial charge in [0, 0.05) is 5.92 Å². The number of carbonyl (C=O) groups excluding carboxylic acids is 2. The molecule has 0 aromatic rings. The van der Waals surface area contributed by atoms with Crippen molar-refractivity contribution < 1.29 is 9.59 Å². The Morgan fingerprint density at radius 2 is 1.75 bits per heavy atom. The van der Waals surface area contributed by atoms with Gasteiger partial charge < -0.3 is 0 Å². The molecule has 2 saturated heterocycles. The average Bonchev–Trinajstić information content (AvgIpc) is 2.61. The first-order chi connectivity index (χ1) is 9.38. The highest BCUT2D eigenvalue weighted by Gasteiger charge is 2.64. The van der Waals surface area contributed by atoms with E-state index in [2.05, 4.69) is 25.7 Å². The van der Waals surface area contributed by atoms with Gasteiger partial charge in [-0.2, -0.15) is 0 Å². The molecule has 0 aromatic carbocycles. The van der Waals surface area contributed by atoms with Gasteiger partial charge in [0.25, 0.3) is 0 Å². The lowest BCUT2D eigenvalue weighted by molar-refractivity contribution is -0.170. The van der Waals surface area contributed by atoms with Crippen molar-refractivity contribution in [2.24, 2.45) is 16.7 Å². The second-order valence-electron chi connectivity index (χ2n) is 7.54. The lowest BCUT2D eigenvalue weighted by Crippen LogP contribution is -2.61. The van der Waals surface area contributed by atoms with Crippen LogP contribution in [0.4, 0.5) is 0 Å². The number of carbonyl (C=O) groups is 2. The van der Waals surface area contributed by atoms with Crippen LogP contribution in [-0.2, 0) is 9.59 Å². The summed E-state index contributed by atoms with van der Waals surface area (Å²) in [6.07, 6.45) is 5.35. The van der Waals surface area contributed by atoms with Crippen LogP contribution in [0.25, 0.3) is 0 Å². The second-order valence-corrected chi connectivity index (χ2v) is 7.54. The van der Waals surface area contributed by atoms with Crippen LogP contribution in [-0.4, -0.2) is 41.4 Å². The summed E-state index contributed by atoms with van der Waals surface area (Å²) < 4.78 is 0. The van der Waals surface area contributed by atoms with E-state index in [4.69, 9.17) is 0 Å². The van der Waals surface area contributed by atoms with E-state index >= 15 is 0 Å². The van der Waals surface area contributed by atoms with Crippen LogP contribution in [0.5, 0.6) is 0 Å². The number of amides is 2. The molecule has 1 saturated carbocycles. The minimum Gasteiger partial charge on any atom is -0.286 e. The number of rotatable bonds is 2. The van der Waals surface area contributed by atoms with Gasteiger partial charge in [0.15, 0.2) is 0 Å². The Balaban J connectivity index is 1.83. The van der Waals surface area contributed by atoms with Gasteiger partial charge in [-0.05, 0) is 44.2 Å². The topological polar surface area (TPSA) is 40.6 Å². The van der Waals surface area contributed by atoms with E-state index in [0.29, 0.717) is 6.67 Å². The summed E-state index contributed by atoms with van der Waals surface area (Å²) in [5.41, 5.74) is -0.555. The molecule has 2 amide bonds. The van der Waals surface area contributed by atoms with E-state index in [9.17, 15) is 9.59 Å². The first-order valence-corrected chi connectivity index (χ1v) is 7.96. The molecule has 0 aromatic heterocycles. The maximum atomic E-state index is 12.9. The molecule has 112 valence electrons. The fourth-order valence-corrected chi connectivity index (χ4v) is 4.34. The van der Waals surface area contributed by atoms with Gasteiger partial charge in [-0.1, -0.05) is 27.2 Å². The zero-order valence-electron chi connectivity index (χ0n) is 12.9. The Labute approximate surface area is 121 Å². The molecule has 3 fully saturated rings. The third-order valence-electron chi connectivity index (χ3n) is 6.30. The summed E-state index contributed by atoms with van der Waals surface area (Å²) in [6, 6.07) is 0. The van der Waals surface area contributed by atoms with Crippen LogP contribution in [0.1, 0.15) is 52.9 Å². The molecule has 0 spiro atoms. The molecule has 0 unspecified atom stereocenters. The summed E-state index contributed by atoms with van der Waals surface area (Å²) in [4.78, 5) is 29.4. The van der Waals surface area contributed by atoms with E-state index in [1.165, 1.54) is 19.3 Å². The zero-order valence-corrected chi connectivity index (χ0v) is 12.9. The molecule has 2 heterocycles. The van der Waals surface area contributed by atoms with Crippen LogP contribution in [0.2, 0.25) is 0 Å². The largest absolute Gasteiger partial charge is 0.286 e. The van der Waals surface area contributed by atoms with Crippen molar-refractivity contribution in [1.29, 1.82) is 0 Å². The smallest absolute Gasteiger partial charge is 0.236 e. The highest BCUT2D eigenvalue weighted by Crippen LogP contribution is 2.60. The number of piperidine rings is 2.